The van der Waals surface area contributed by atoms with Crippen LogP contribution in [0.2, 0.25) is 0 Å². The summed E-state index contributed by atoms with van der Waals surface area (Å²) in [5, 5.41) is 0. The van der Waals surface area contributed by atoms with Crippen LogP contribution in [0.5, 0.6) is 0 Å². The number of hydrogen-bond acceptors (Lipinski definition) is 0. The number of hydrogen-bond donors (Lipinski definition) is 0. The zero-order valence-corrected chi connectivity index (χ0v) is 12.8. The van der Waals surface area contributed by atoms with Gasteiger partial charge >= 0.3 is 26.2 Å². The summed E-state index contributed by atoms with van der Waals surface area (Å²) in [6.07, 6.45) is 9.50. The van der Waals surface area contributed by atoms with Crippen LogP contribution in [0.3, 0.4) is 0 Å². The average molecular weight is 305 g/mol. The van der Waals surface area contributed by atoms with Crippen LogP contribution in [-0.2, 0) is 26.2 Å². The molecule has 1 radical (unpaired) electrons. The summed E-state index contributed by atoms with van der Waals surface area (Å²) in [5.74, 6) is 0. The van der Waals surface area contributed by atoms with Gasteiger partial charge in [0.2, 0.25) is 0 Å². The summed E-state index contributed by atoms with van der Waals surface area (Å²) in [7, 11) is 0. The van der Waals surface area contributed by atoms with E-state index in [1.807, 2.05) is 60.7 Å². The van der Waals surface area contributed by atoms with Crippen molar-refractivity contribution >= 4 is 0 Å². The van der Waals surface area contributed by atoms with Crippen LogP contribution in [0.25, 0.3) is 0 Å². The molecular formula is C16H21Zr. The molecule has 0 aliphatic heterocycles. The first-order valence-corrected chi connectivity index (χ1v) is 6.15. The molecule has 0 unspecified atom stereocenters. The summed E-state index contributed by atoms with van der Waals surface area (Å²) in [6.45, 7) is 0. The van der Waals surface area contributed by atoms with Crippen LogP contribution in [0.1, 0.15) is 32.1 Å². The third-order valence-electron chi connectivity index (χ3n) is 2.43. The van der Waals surface area contributed by atoms with E-state index in [0.717, 1.165) is 0 Å². The van der Waals surface area contributed by atoms with Gasteiger partial charge in [-0.1, -0.05) is 19.3 Å². The Balaban J connectivity index is 0.000000221. The molecule has 0 bridgehead atoms. The standard InChI is InChI=1S/C6H11.2C5H5.Zr/c1-2-4-6-5-3-1;2*1-2-4-5-3-1;/h1H,2-6H2;2*1-5H;/q3*-1;+3. The second-order valence-corrected chi connectivity index (χ2v) is 3.85. The van der Waals surface area contributed by atoms with Gasteiger partial charge in [0.05, 0.1) is 0 Å². The Kier molecular flexibility index (Phi) is 13.3. The minimum Gasteiger partial charge on any atom is -0.328 e. The molecular weight excluding hydrogens is 283 g/mol. The predicted octanol–water partition coefficient (Wildman–Crippen LogP) is 4.96. The Morgan fingerprint density at radius 1 is 0.588 bits per heavy atom. The van der Waals surface area contributed by atoms with Crippen LogP contribution in [0.4, 0.5) is 0 Å². The summed E-state index contributed by atoms with van der Waals surface area (Å²) in [6, 6.07) is 20.0. The first kappa shape index (κ1) is 16.6. The van der Waals surface area contributed by atoms with E-state index in [1.54, 1.807) is 0 Å². The molecule has 17 heavy (non-hydrogen) atoms. The Bertz CT molecular complexity index is 205. The Labute approximate surface area is 125 Å². The van der Waals surface area contributed by atoms with E-state index in [9.17, 15) is 0 Å². The van der Waals surface area contributed by atoms with Gasteiger partial charge in [0.15, 0.2) is 0 Å². The van der Waals surface area contributed by atoms with Gasteiger partial charge in [-0.2, -0.15) is 49.2 Å². The van der Waals surface area contributed by atoms with Crippen LogP contribution in [0, 0.1) is 6.42 Å². The van der Waals surface area contributed by atoms with E-state index in [0.29, 0.717) is 0 Å². The van der Waals surface area contributed by atoms with Gasteiger partial charge in [0.1, 0.15) is 0 Å². The summed E-state index contributed by atoms with van der Waals surface area (Å²) < 4.78 is 0. The first-order chi connectivity index (χ1) is 8.00. The maximum absolute atomic E-state index is 2.39. The van der Waals surface area contributed by atoms with Crippen LogP contribution < -0.4 is 0 Å². The smallest absolute Gasteiger partial charge is 0.328 e. The van der Waals surface area contributed by atoms with Crippen molar-refractivity contribution in [1.82, 2.24) is 0 Å². The monoisotopic (exact) mass is 303 g/mol. The molecule has 2 aromatic rings. The van der Waals surface area contributed by atoms with Crippen LogP contribution in [-0.4, -0.2) is 0 Å². The van der Waals surface area contributed by atoms with Crippen molar-refractivity contribution in [3.8, 4) is 0 Å². The minimum atomic E-state index is 0. The topological polar surface area (TPSA) is 0 Å². The largest absolute Gasteiger partial charge is 3.00 e. The minimum absolute atomic E-state index is 0. The maximum Gasteiger partial charge on any atom is 3.00 e. The third-order valence-corrected chi connectivity index (χ3v) is 2.43. The van der Waals surface area contributed by atoms with Gasteiger partial charge in [-0.05, 0) is 0 Å². The molecule has 0 N–H and O–H groups in total. The quantitative estimate of drug-likeness (QED) is 0.603. The Hall–Kier alpha value is -0.417. The average Bonchev–Trinajstić information content (AvgIpc) is 3.10. The van der Waals surface area contributed by atoms with E-state index in [-0.39, 0.29) is 26.2 Å². The molecule has 1 heteroatoms. The fourth-order valence-corrected chi connectivity index (χ4v) is 1.54. The SMILES string of the molecule is [CH-]1CCCCC1.[Zr+3].c1cc[cH-]c1.c1cc[cH-]c1. The maximum atomic E-state index is 2.39. The van der Waals surface area contributed by atoms with Crippen molar-refractivity contribution in [2.45, 2.75) is 32.1 Å². The van der Waals surface area contributed by atoms with E-state index in [2.05, 4.69) is 6.42 Å². The predicted molar refractivity (Wildman–Crippen MR) is 71.5 cm³/mol. The molecule has 2 aromatic carbocycles. The van der Waals surface area contributed by atoms with Crippen LogP contribution in [0.15, 0.2) is 60.7 Å². The van der Waals surface area contributed by atoms with Crippen molar-refractivity contribution in [2.24, 2.45) is 0 Å². The Morgan fingerprint density at radius 2 is 1.00 bits per heavy atom. The van der Waals surface area contributed by atoms with Gasteiger partial charge in [-0.25, -0.2) is 24.3 Å². The molecule has 0 amide bonds. The summed E-state index contributed by atoms with van der Waals surface area (Å²) in [4.78, 5) is 0. The molecule has 1 fully saturated rings. The van der Waals surface area contributed by atoms with E-state index < -0.39 is 0 Å². The van der Waals surface area contributed by atoms with Crippen molar-refractivity contribution in [1.29, 1.82) is 0 Å². The molecule has 0 aromatic heterocycles. The molecule has 0 heterocycles. The van der Waals surface area contributed by atoms with Crippen molar-refractivity contribution < 1.29 is 26.2 Å². The van der Waals surface area contributed by atoms with Gasteiger partial charge in [-0.3, -0.25) is 0 Å². The summed E-state index contributed by atoms with van der Waals surface area (Å²) in [5.41, 5.74) is 0. The molecule has 1 saturated carbocycles. The second-order valence-electron chi connectivity index (χ2n) is 3.85. The van der Waals surface area contributed by atoms with Crippen molar-refractivity contribution in [3.05, 3.63) is 67.1 Å². The fourth-order valence-electron chi connectivity index (χ4n) is 1.54. The third kappa shape index (κ3) is 11.8. The van der Waals surface area contributed by atoms with Crippen LogP contribution >= 0.6 is 0 Å². The Morgan fingerprint density at radius 3 is 1.12 bits per heavy atom. The zero-order chi connectivity index (χ0) is 11.3. The first-order valence-electron chi connectivity index (χ1n) is 6.15. The van der Waals surface area contributed by atoms with E-state index in [4.69, 9.17) is 0 Å². The molecule has 0 saturated heterocycles. The summed E-state index contributed by atoms with van der Waals surface area (Å²) >= 11 is 0. The fraction of sp³-hybridized carbons (Fsp3) is 0.312. The second kappa shape index (κ2) is 13.6. The van der Waals surface area contributed by atoms with Crippen molar-refractivity contribution in [2.75, 3.05) is 0 Å². The molecule has 0 atom stereocenters. The molecule has 0 spiro atoms. The van der Waals surface area contributed by atoms with Gasteiger partial charge in [0, 0.05) is 0 Å². The molecule has 89 valence electrons. The molecule has 0 nitrogen and oxygen atoms in total. The molecule has 1 aliphatic rings. The normalized spacial score (nSPS) is 13.2. The molecule has 3 rings (SSSR count). The van der Waals surface area contributed by atoms with E-state index in [1.165, 1.54) is 32.1 Å². The zero-order valence-electron chi connectivity index (χ0n) is 10.4. The van der Waals surface area contributed by atoms with Gasteiger partial charge < -0.3 is 6.42 Å². The van der Waals surface area contributed by atoms with E-state index >= 15 is 0 Å². The molecule has 1 aliphatic carbocycles. The van der Waals surface area contributed by atoms with Gasteiger partial charge in [0.25, 0.3) is 0 Å². The van der Waals surface area contributed by atoms with Gasteiger partial charge in [-0.15, -0.1) is 0 Å². The van der Waals surface area contributed by atoms with Crippen molar-refractivity contribution in [3.63, 3.8) is 0 Å². The number of rotatable bonds is 0.